The quantitative estimate of drug-likeness (QED) is 0.576. The van der Waals surface area contributed by atoms with E-state index in [0.29, 0.717) is 22.1 Å². The van der Waals surface area contributed by atoms with Crippen molar-refractivity contribution >= 4 is 34.7 Å². The molecule has 1 N–H and O–H groups in total. The van der Waals surface area contributed by atoms with Crippen molar-refractivity contribution in [3.8, 4) is 0 Å². The summed E-state index contributed by atoms with van der Waals surface area (Å²) in [5, 5.41) is 3.71. The van der Waals surface area contributed by atoms with Gasteiger partial charge in [0.25, 0.3) is 11.8 Å². The molecule has 0 radical (unpaired) electrons. The average Bonchev–Trinajstić information content (AvgIpc) is 2.88. The van der Waals surface area contributed by atoms with Gasteiger partial charge in [0.15, 0.2) is 0 Å². The highest BCUT2D eigenvalue weighted by molar-refractivity contribution is 6.37. The first-order chi connectivity index (χ1) is 12.9. The minimum atomic E-state index is -0.363. The van der Waals surface area contributed by atoms with Crippen molar-refractivity contribution in [2.24, 2.45) is 0 Å². The number of hydrogen-bond acceptors (Lipinski definition) is 3. The Morgan fingerprint density at radius 1 is 1.04 bits per heavy atom. The Hall–Kier alpha value is -2.85. The summed E-state index contributed by atoms with van der Waals surface area (Å²) in [6.07, 6.45) is 1.54. The van der Waals surface area contributed by atoms with Gasteiger partial charge < -0.3 is 5.32 Å². The van der Waals surface area contributed by atoms with Gasteiger partial charge in [-0.3, -0.25) is 14.5 Å². The molecule has 0 aliphatic carbocycles. The largest absolute Gasteiger partial charge is 0.350 e. The minimum Gasteiger partial charge on any atom is -0.350 e. The topological polar surface area (TPSA) is 49.4 Å². The number of imide groups is 1. The zero-order valence-electron chi connectivity index (χ0n) is 15.3. The average molecular weight is 381 g/mol. The zero-order valence-corrected chi connectivity index (χ0v) is 16.1. The van der Waals surface area contributed by atoms with Crippen LogP contribution in [0.25, 0.3) is 5.57 Å². The van der Waals surface area contributed by atoms with Gasteiger partial charge in [-0.25, -0.2) is 0 Å². The fourth-order valence-electron chi connectivity index (χ4n) is 2.97. The lowest BCUT2D eigenvalue weighted by molar-refractivity contribution is -0.136. The van der Waals surface area contributed by atoms with Crippen LogP contribution in [0.3, 0.4) is 0 Å². The number of hydrogen-bond donors (Lipinski definition) is 1. The van der Waals surface area contributed by atoms with E-state index in [-0.39, 0.29) is 24.1 Å². The van der Waals surface area contributed by atoms with Gasteiger partial charge in [0.05, 0.1) is 5.57 Å². The van der Waals surface area contributed by atoms with Crippen LogP contribution in [0.15, 0.2) is 66.9 Å². The Bertz CT molecular complexity index is 912. The van der Waals surface area contributed by atoms with Gasteiger partial charge in [-0.15, -0.1) is 6.58 Å². The van der Waals surface area contributed by atoms with Gasteiger partial charge in [-0.2, -0.15) is 0 Å². The summed E-state index contributed by atoms with van der Waals surface area (Å²) in [6.45, 7) is 8.04. The summed E-state index contributed by atoms with van der Waals surface area (Å²) in [7, 11) is 0. The van der Waals surface area contributed by atoms with Crippen LogP contribution in [-0.4, -0.2) is 23.3 Å². The molecule has 2 amide bonds. The van der Waals surface area contributed by atoms with Gasteiger partial charge in [-0.05, 0) is 41.3 Å². The normalized spacial score (nSPS) is 14.3. The summed E-state index contributed by atoms with van der Waals surface area (Å²) in [6, 6.07) is 14.7. The molecule has 0 aromatic heterocycles. The van der Waals surface area contributed by atoms with Crippen molar-refractivity contribution in [1.82, 2.24) is 4.90 Å². The number of halogens is 1. The highest BCUT2D eigenvalue weighted by Crippen LogP contribution is 2.31. The Morgan fingerprint density at radius 2 is 1.67 bits per heavy atom. The third-order valence-corrected chi connectivity index (χ3v) is 4.71. The Labute approximate surface area is 164 Å². The molecule has 138 valence electrons. The van der Waals surface area contributed by atoms with Gasteiger partial charge in [0.2, 0.25) is 0 Å². The first-order valence-electron chi connectivity index (χ1n) is 8.76. The number of nitrogens with zero attached hydrogens (tertiary/aromatic N) is 1. The summed E-state index contributed by atoms with van der Waals surface area (Å²) in [4.78, 5) is 26.9. The second kappa shape index (κ2) is 7.80. The van der Waals surface area contributed by atoms with Gasteiger partial charge in [0.1, 0.15) is 5.70 Å². The second-order valence-electron chi connectivity index (χ2n) is 6.67. The molecule has 27 heavy (non-hydrogen) atoms. The third kappa shape index (κ3) is 3.81. The van der Waals surface area contributed by atoms with E-state index in [9.17, 15) is 9.59 Å². The summed E-state index contributed by atoms with van der Waals surface area (Å²) >= 11 is 5.96. The van der Waals surface area contributed by atoms with E-state index in [1.54, 1.807) is 24.3 Å². The predicted octanol–water partition coefficient (Wildman–Crippen LogP) is 4.84. The van der Waals surface area contributed by atoms with E-state index in [2.05, 4.69) is 25.7 Å². The molecule has 0 atom stereocenters. The molecular formula is C22H21ClN2O2. The van der Waals surface area contributed by atoms with E-state index in [1.807, 2.05) is 24.3 Å². The molecule has 0 bridgehead atoms. The van der Waals surface area contributed by atoms with Crippen LogP contribution in [0.2, 0.25) is 5.02 Å². The number of nitrogens with one attached hydrogen (secondary N) is 1. The first kappa shape index (κ1) is 18.9. The molecule has 0 unspecified atom stereocenters. The SMILES string of the molecule is C=CCN1C(=O)C(Nc2ccc(C(C)C)cc2)=C(c2ccc(Cl)cc2)C1=O. The van der Waals surface area contributed by atoms with Crippen molar-refractivity contribution in [3.63, 3.8) is 0 Å². The van der Waals surface area contributed by atoms with Crippen LogP contribution in [0.5, 0.6) is 0 Å². The van der Waals surface area contributed by atoms with Crippen molar-refractivity contribution in [2.45, 2.75) is 19.8 Å². The standard InChI is InChI=1S/C22H21ClN2O2/c1-4-13-25-21(26)19(16-5-9-17(23)10-6-16)20(22(25)27)24-18-11-7-15(8-12-18)14(2)3/h4-12,14,24H,1,13H2,2-3H3. The van der Waals surface area contributed by atoms with E-state index >= 15 is 0 Å². The molecule has 4 nitrogen and oxygen atoms in total. The van der Waals surface area contributed by atoms with E-state index in [1.165, 1.54) is 16.5 Å². The maximum atomic E-state index is 12.9. The minimum absolute atomic E-state index is 0.159. The summed E-state index contributed by atoms with van der Waals surface area (Å²) < 4.78 is 0. The van der Waals surface area contributed by atoms with Crippen LogP contribution in [-0.2, 0) is 9.59 Å². The number of amides is 2. The molecular weight excluding hydrogens is 360 g/mol. The molecule has 5 heteroatoms. The maximum absolute atomic E-state index is 12.9. The van der Waals surface area contributed by atoms with Crippen LogP contribution in [0, 0.1) is 0 Å². The number of rotatable bonds is 6. The smallest absolute Gasteiger partial charge is 0.278 e. The molecule has 1 heterocycles. The number of carbonyl (C=O) groups is 2. The lowest BCUT2D eigenvalue weighted by Gasteiger charge is -2.13. The molecule has 0 fully saturated rings. The zero-order chi connectivity index (χ0) is 19.6. The van der Waals surface area contributed by atoms with Crippen LogP contribution in [0.1, 0.15) is 30.9 Å². The van der Waals surface area contributed by atoms with Crippen molar-refractivity contribution in [2.75, 3.05) is 11.9 Å². The molecule has 2 aromatic rings. The lowest BCUT2D eigenvalue weighted by atomic mass is 10.0. The van der Waals surface area contributed by atoms with Crippen molar-refractivity contribution in [3.05, 3.63) is 83.0 Å². The van der Waals surface area contributed by atoms with E-state index in [4.69, 9.17) is 11.6 Å². The Morgan fingerprint density at radius 3 is 2.22 bits per heavy atom. The highest BCUT2D eigenvalue weighted by Gasteiger charge is 2.38. The van der Waals surface area contributed by atoms with Crippen molar-refractivity contribution in [1.29, 1.82) is 0 Å². The number of anilines is 1. The fourth-order valence-corrected chi connectivity index (χ4v) is 3.09. The summed E-state index contributed by atoms with van der Waals surface area (Å²) in [5.41, 5.74) is 3.20. The second-order valence-corrected chi connectivity index (χ2v) is 7.10. The Kier molecular flexibility index (Phi) is 5.47. The molecule has 0 spiro atoms. The number of carbonyl (C=O) groups excluding carboxylic acids is 2. The third-order valence-electron chi connectivity index (χ3n) is 4.46. The molecule has 1 aliphatic rings. The maximum Gasteiger partial charge on any atom is 0.278 e. The van der Waals surface area contributed by atoms with Crippen molar-refractivity contribution < 1.29 is 9.59 Å². The van der Waals surface area contributed by atoms with E-state index < -0.39 is 0 Å². The van der Waals surface area contributed by atoms with Crippen LogP contribution < -0.4 is 5.32 Å². The van der Waals surface area contributed by atoms with Crippen LogP contribution >= 0.6 is 11.6 Å². The fraction of sp³-hybridized carbons (Fsp3) is 0.182. The molecule has 0 saturated heterocycles. The predicted molar refractivity (Wildman–Crippen MR) is 109 cm³/mol. The first-order valence-corrected chi connectivity index (χ1v) is 9.14. The lowest BCUT2D eigenvalue weighted by Crippen LogP contribution is -2.32. The molecule has 2 aromatic carbocycles. The Balaban J connectivity index is 2.02. The van der Waals surface area contributed by atoms with Crippen LogP contribution in [0.4, 0.5) is 5.69 Å². The number of benzene rings is 2. The van der Waals surface area contributed by atoms with Gasteiger partial charge >= 0.3 is 0 Å². The molecule has 0 saturated carbocycles. The summed E-state index contributed by atoms with van der Waals surface area (Å²) in [5.74, 6) is -0.290. The molecule has 3 rings (SSSR count). The van der Waals surface area contributed by atoms with Gasteiger partial charge in [0, 0.05) is 17.3 Å². The van der Waals surface area contributed by atoms with Gasteiger partial charge in [-0.1, -0.05) is 55.8 Å². The molecule has 1 aliphatic heterocycles. The monoisotopic (exact) mass is 380 g/mol. The highest BCUT2D eigenvalue weighted by atomic mass is 35.5. The van der Waals surface area contributed by atoms with E-state index in [0.717, 1.165) is 5.69 Å².